The number of aryl methyl sites for hydroxylation is 1. The third-order valence-corrected chi connectivity index (χ3v) is 3.05. The number of hydrogen-bond acceptors (Lipinski definition) is 3. The maximum atomic E-state index is 8.73. The van der Waals surface area contributed by atoms with Crippen molar-refractivity contribution in [2.45, 2.75) is 13.5 Å². The summed E-state index contributed by atoms with van der Waals surface area (Å²) >= 11 is 5.83. The van der Waals surface area contributed by atoms with Crippen molar-refractivity contribution < 1.29 is 9.94 Å². The van der Waals surface area contributed by atoms with Gasteiger partial charge >= 0.3 is 0 Å². The first-order chi connectivity index (χ1) is 9.20. The van der Waals surface area contributed by atoms with Gasteiger partial charge in [-0.25, -0.2) is 0 Å². The van der Waals surface area contributed by atoms with Crippen LogP contribution in [0.2, 0.25) is 0 Å². The van der Waals surface area contributed by atoms with Gasteiger partial charge in [0.15, 0.2) is 5.17 Å². The average Bonchev–Trinajstić information content (AvgIpc) is 2.46. The minimum Gasteiger partial charge on any atom is -0.489 e. The molecule has 0 bridgehead atoms. The first-order valence-corrected chi connectivity index (χ1v) is 6.24. The molecule has 0 fully saturated rings. The summed E-state index contributed by atoms with van der Waals surface area (Å²) in [5.41, 5.74) is 2.68. The van der Waals surface area contributed by atoms with E-state index in [2.05, 4.69) is 5.16 Å². The molecule has 3 nitrogen and oxygen atoms in total. The van der Waals surface area contributed by atoms with Crippen LogP contribution < -0.4 is 4.74 Å². The largest absolute Gasteiger partial charge is 0.489 e. The van der Waals surface area contributed by atoms with Crippen LogP contribution in [0.1, 0.15) is 16.7 Å². The van der Waals surface area contributed by atoms with Crippen molar-refractivity contribution >= 4 is 16.8 Å². The molecular weight excluding hydrogens is 262 g/mol. The molecule has 0 aliphatic rings. The molecule has 0 spiro atoms. The molecule has 0 aromatic heterocycles. The summed E-state index contributed by atoms with van der Waals surface area (Å²) < 4.78 is 5.69. The number of hydrogen-bond donors (Lipinski definition) is 1. The molecule has 0 atom stereocenters. The van der Waals surface area contributed by atoms with Gasteiger partial charge < -0.3 is 9.94 Å². The van der Waals surface area contributed by atoms with Crippen molar-refractivity contribution in [2.75, 3.05) is 0 Å². The Balaban J connectivity index is 2.13. The number of halogens is 1. The number of nitrogens with zero attached hydrogens (tertiary/aromatic N) is 1. The quantitative estimate of drug-likeness (QED) is 0.521. The molecule has 0 aliphatic carbocycles. The van der Waals surface area contributed by atoms with E-state index in [1.807, 2.05) is 49.4 Å². The molecule has 0 saturated carbocycles. The molecule has 19 heavy (non-hydrogen) atoms. The summed E-state index contributed by atoms with van der Waals surface area (Å²) in [6.45, 7) is 2.38. The van der Waals surface area contributed by atoms with Crippen LogP contribution in [0.15, 0.2) is 53.7 Å². The zero-order valence-electron chi connectivity index (χ0n) is 10.5. The van der Waals surface area contributed by atoms with E-state index in [0.29, 0.717) is 17.9 Å². The summed E-state index contributed by atoms with van der Waals surface area (Å²) in [6, 6.07) is 15.4. The molecule has 0 aliphatic heterocycles. The van der Waals surface area contributed by atoms with E-state index in [4.69, 9.17) is 21.5 Å². The number of benzene rings is 2. The second kappa shape index (κ2) is 6.25. The first kappa shape index (κ1) is 13.4. The summed E-state index contributed by atoms with van der Waals surface area (Å²) in [5, 5.41) is 11.8. The lowest BCUT2D eigenvalue weighted by molar-refractivity contribution is 0.306. The highest BCUT2D eigenvalue weighted by Crippen LogP contribution is 2.20. The van der Waals surface area contributed by atoms with Crippen LogP contribution in [-0.4, -0.2) is 10.4 Å². The Hall–Kier alpha value is -2.00. The zero-order chi connectivity index (χ0) is 13.7. The van der Waals surface area contributed by atoms with Crippen LogP contribution in [0, 0.1) is 6.92 Å². The fourth-order valence-corrected chi connectivity index (χ4v) is 1.91. The molecule has 0 heterocycles. The predicted octanol–water partition coefficient (Wildman–Crippen LogP) is 3.95. The number of oxime groups is 1. The predicted molar refractivity (Wildman–Crippen MR) is 76.1 cm³/mol. The third kappa shape index (κ3) is 3.48. The Kier molecular flexibility index (Phi) is 4.42. The molecule has 0 unspecified atom stereocenters. The second-order valence-corrected chi connectivity index (χ2v) is 4.50. The Morgan fingerprint density at radius 2 is 1.95 bits per heavy atom. The lowest BCUT2D eigenvalue weighted by Gasteiger charge is -2.09. The van der Waals surface area contributed by atoms with Gasteiger partial charge in [0, 0.05) is 5.56 Å². The molecule has 0 saturated heterocycles. The third-order valence-electron chi connectivity index (χ3n) is 2.77. The minimum absolute atomic E-state index is 0.0580. The highest BCUT2D eigenvalue weighted by Gasteiger charge is 2.07. The number of ether oxygens (including phenoxy) is 1. The summed E-state index contributed by atoms with van der Waals surface area (Å²) in [4.78, 5) is 0. The SMILES string of the molecule is Cc1ccc(OCc2ccccc2)cc1/C(Cl)=N/O. The smallest absolute Gasteiger partial charge is 0.175 e. The number of rotatable bonds is 4. The van der Waals surface area contributed by atoms with Crippen LogP contribution in [0.3, 0.4) is 0 Å². The van der Waals surface area contributed by atoms with E-state index in [1.54, 1.807) is 6.07 Å². The first-order valence-electron chi connectivity index (χ1n) is 5.86. The Bertz CT molecular complexity index is 582. The van der Waals surface area contributed by atoms with Crippen molar-refractivity contribution in [3.8, 4) is 5.75 Å². The van der Waals surface area contributed by atoms with Gasteiger partial charge in [-0.3, -0.25) is 0 Å². The molecule has 0 amide bonds. The van der Waals surface area contributed by atoms with Gasteiger partial charge in [0.1, 0.15) is 12.4 Å². The van der Waals surface area contributed by atoms with E-state index in [-0.39, 0.29) is 5.17 Å². The van der Waals surface area contributed by atoms with Crippen molar-refractivity contribution in [3.05, 3.63) is 65.2 Å². The average molecular weight is 276 g/mol. The molecule has 2 rings (SSSR count). The van der Waals surface area contributed by atoms with Crippen molar-refractivity contribution in [1.29, 1.82) is 0 Å². The zero-order valence-corrected chi connectivity index (χ0v) is 11.3. The minimum atomic E-state index is 0.0580. The van der Waals surface area contributed by atoms with Gasteiger partial charge in [-0.05, 0) is 30.2 Å². The molecule has 4 heteroatoms. The lowest BCUT2D eigenvalue weighted by atomic mass is 10.1. The van der Waals surface area contributed by atoms with Gasteiger partial charge in [-0.1, -0.05) is 53.2 Å². The van der Waals surface area contributed by atoms with E-state index in [9.17, 15) is 0 Å². The van der Waals surface area contributed by atoms with Crippen LogP contribution in [0.4, 0.5) is 0 Å². The van der Waals surface area contributed by atoms with Crippen molar-refractivity contribution in [3.63, 3.8) is 0 Å². The summed E-state index contributed by atoms with van der Waals surface area (Å²) in [5.74, 6) is 0.686. The van der Waals surface area contributed by atoms with E-state index in [0.717, 1.165) is 11.1 Å². The highest BCUT2D eigenvalue weighted by atomic mass is 35.5. The topological polar surface area (TPSA) is 41.8 Å². The fourth-order valence-electron chi connectivity index (χ4n) is 1.71. The van der Waals surface area contributed by atoms with Crippen LogP contribution in [0.5, 0.6) is 5.75 Å². The molecule has 2 aromatic rings. The van der Waals surface area contributed by atoms with Crippen LogP contribution >= 0.6 is 11.6 Å². The molecule has 98 valence electrons. The van der Waals surface area contributed by atoms with Gasteiger partial charge in [-0.15, -0.1) is 0 Å². The lowest BCUT2D eigenvalue weighted by Crippen LogP contribution is -1.99. The summed E-state index contributed by atoms with van der Waals surface area (Å²) in [6.07, 6.45) is 0. The van der Waals surface area contributed by atoms with E-state index < -0.39 is 0 Å². The Labute approximate surface area is 117 Å². The standard InChI is InChI=1S/C15H14ClNO2/c1-11-7-8-13(9-14(11)15(16)17-18)19-10-12-5-3-2-4-6-12/h2-9,18H,10H2,1H3/b17-15-. The van der Waals surface area contributed by atoms with Crippen LogP contribution in [-0.2, 0) is 6.61 Å². The van der Waals surface area contributed by atoms with Gasteiger partial charge in [-0.2, -0.15) is 0 Å². The maximum Gasteiger partial charge on any atom is 0.175 e. The van der Waals surface area contributed by atoms with Crippen LogP contribution in [0.25, 0.3) is 0 Å². The Morgan fingerprint density at radius 3 is 2.63 bits per heavy atom. The highest BCUT2D eigenvalue weighted by molar-refractivity contribution is 6.69. The van der Waals surface area contributed by atoms with E-state index in [1.165, 1.54) is 0 Å². The maximum absolute atomic E-state index is 8.73. The van der Waals surface area contributed by atoms with Crippen molar-refractivity contribution in [2.24, 2.45) is 5.16 Å². The van der Waals surface area contributed by atoms with Gasteiger partial charge in [0.05, 0.1) is 0 Å². The molecular formula is C15H14ClNO2. The van der Waals surface area contributed by atoms with E-state index >= 15 is 0 Å². The monoisotopic (exact) mass is 275 g/mol. The Morgan fingerprint density at radius 1 is 1.21 bits per heavy atom. The second-order valence-electron chi connectivity index (χ2n) is 4.14. The van der Waals surface area contributed by atoms with Crippen molar-refractivity contribution in [1.82, 2.24) is 0 Å². The molecule has 0 radical (unpaired) electrons. The normalized spacial score (nSPS) is 11.4. The summed E-state index contributed by atoms with van der Waals surface area (Å²) in [7, 11) is 0. The molecule has 2 aromatic carbocycles. The van der Waals surface area contributed by atoms with Gasteiger partial charge in [0.25, 0.3) is 0 Å². The van der Waals surface area contributed by atoms with Gasteiger partial charge in [0.2, 0.25) is 0 Å². The molecule has 1 N–H and O–H groups in total. The fraction of sp³-hybridized carbons (Fsp3) is 0.133.